The van der Waals surface area contributed by atoms with E-state index in [2.05, 4.69) is 27.7 Å². The first kappa shape index (κ1) is 17.4. The second-order valence-electron chi connectivity index (χ2n) is 10.9. The van der Waals surface area contributed by atoms with Gasteiger partial charge in [0, 0.05) is 0 Å². The maximum atomic E-state index is 2.60. The maximum absolute atomic E-state index is 2.60. The lowest BCUT2D eigenvalue weighted by Crippen LogP contribution is -2.53. The number of fused-ring (bicyclic) bond motifs is 5. The highest BCUT2D eigenvalue weighted by molar-refractivity contribution is 5.06. The molecule has 0 heteroatoms. The smallest absolute Gasteiger partial charge is 0.0264 e. The lowest BCUT2D eigenvalue weighted by atomic mass is 9.43. The summed E-state index contributed by atoms with van der Waals surface area (Å²) < 4.78 is 0. The molecular weight excluding hydrogens is 288 g/mol. The van der Waals surface area contributed by atoms with Gasteiger partial charge in [-0.2, -0.15) is 0 Å². The van der Waals surface area contributed by atoms with Crippen LogP contribution in [-0.4, -0.2) is 0 Å². The molecule has 0 bridgehead atoms. The standard InChI is InChI=1S/C24H42/c1-5-23(4)14-13-22-21-11-10-18-17(3)8-7-9-19(18)20(21)12-15-24(22,6-2)16-23/h17-22H,5-16H2,1-4H3/t17-,18?,19-,20+,21+,22-,23-,24-/m1/s1. The third kappa shape index (κ3) is 2.61. The lowest BCUT2D eigenvalue weighted by Gasteiger charge is -2.62. The summed E-state index contributed by atoms with van der Waals surface area (Å²) >= 11 is 0. The van der Waals surface area contributed by atoms with Crippen LogP contribution in [0.1, 0.15) is 105 Å². The number of rotatable bonds is 2. The molecule has 0 aliphatic heterocycles. The van der Waals surface area contributed by atoms with Crippen molar-refractivity contribution in [3.63, 3.8) is 0 Å². The predicted octanol–water partition coefficient (Wildman–Crippen LogP) is 7.47. The van der Waals surface area contributed by atoms with Gasteiger partial charge in [0.2, 0.25) is 0 Å². The zero-order valence-corrected chi connectivity index (χ0v) is 16.9. The molecule has 0 saturated heterocycles. The van der Waals surface area contributed by atoms with E-state index in [-0.39, 0.29) is 0 Å². The Morgan fingerprint density at radius 2 is 1.50 bits per heavy atom. The zero-order valence-electron chi connectivity index (χ0n) is 16.9. The van der Waals surface area contributed by atoms with Crippen LogP contribution in [0.4, 0.5) is 0 Å². The van der Waals surface area contributed by atoms with Gasteiger partial charge in [-0.25, -0.2) is 0 Å². The summed E-state index contributed by atoms with van der Waals surface area (Å²) in [5.41, 5.74) is 1.37. The summed E-state index contributed by atoms with van der Waals surface area (Å²) in [6, 6.07) is 0. The molecule has 1 unspecified atom stereocenters. The van der Waals surface area contributed by atoms with Crippen molar-refractivity contribution < 1.29 is 0 Å². The van der Waals surface area contributed by atoms with Gasteiger partial charge in [-0.1, -0.05) is 53.4 Å². The predicted molar refractivity (Wildman–Crippen MR) is 104 cm³/mol. The van der Waals surface area contributed by atoms with Crippen LogP contribution in [0.2, 0.25) is 0 Å². The fourth-order valence-electron chi connectivity index (χ4n) is 8.54. The van der Waals surface area contributed by atoms with Crippen LogP contribution in [0.3, 0.4) is 0 Å². The summed E-state index contributed by atoms with van der Waals surface area (Å²) in [6.07, 6.45) is 18.4. The van der Waals surface area contributed by atoms with Crippen LogP contribution in [0, 0.1) is 46.3 Å². The Kier molecular flexibility index (Phi) is 4.58. The van der Waals surface area contributed by atoms with Crippen molar-refractivity contribution in [3.05, 3.63) is 0 Å². The van der Waals surface area contributed by atoms with E-state index < -0.39 is 0 Å². The molecule has 4 fully saturated rings. The van der Waals surface area contributed by atoms with Crippen molar-refractivity contribution in [2.24, 2.45) is 46.3 Å². The molecule has 0 aromatic carbocycles. The molecular formula is C24H42. The molecule has 4 rings (SSSR count). The molecule has 0 radical (unpaired) electrons. The summed E-state index contributed by atoms with van der Waals surface area (Å²) in [4.78, 5) is 0. The molecule has 0 heterocycles. The normalized spacial score (nSPS) is 54.5. The SMILES string of the molecule is CC[C@]1(C)CC[C@@H]2[C@H]3CCC4[C@H](C)CCC[C@H]4[C@@H]3CC[C@]2(CC)C1. The van der Waals surface area contributed by atoms with Crippen LogP contribution in [-0.2, 0) is 0 Å². The average Bonchev–Trinajstić information content (AvgIpc) is 2.61. The molecule has 0 spiro atoms. The minimum atomic E-state index is 0.649. The molecule has 4 aliphatic carbocycles. The van der Waals surface area contributed by atoms with E-state index in [1.165, 1.54) is 32.1 Å². The van der Waals surface area contributed by atoms with Gasteiger partial charge in [0.15, 0.2) is 0 Å². The molecule has 138 valence electrons. The molecule has 4 saturated carbocycles. The zero-order chi connectivity index (χ0) is 16.9. The van der Waals surface area contributed by atoms with Gasteiger partial charge in [-0.15, -0.1) is 0 Å². The van der Waals surface area contributed by atoms with E-state index >= 15 is 0 Å². The first-order valence-electron chi connectivity index (χ1n) is 11.5. The summed E-state index contributed by atoms with van der Waals surface area (Å²) in [5.74, 6) is 6.53. The highest BCUT2D eigenvalue weighted by atomic mass is 14.6. The van der Waals surface area contributed by atoms with E-state index in [9.17, 15) is 0 Å². The molecule has 0 amide bonds. The highest BCUT2D eigenvalue weighted by Gasteiger charge is 2.56. The molecule has 0 N–H and O–H groups in total. The van der Waals surface area contributed by atoms with Crippen molar-refractivity contribution in [1.29, 1.82) is 0 Å². The second-order valence-corrected chi connectivity index (χ2v) is 10.9. The Bertz CT molecular complexity index is 453. The van der Waals surface area contributed by atoms with Crippen LogP contribution < -0.4 is 0 Å². The molecule has 4 aliphatic rings. The Labute approximate surface area is 151 Å². The molecule has 0 aromatic rings. The van der Waals surface area contributed by atoms with Crippen molar-refractivity contribution in [2.75, 3.05) is 0 Å². The minimum absolute atomic E-state index is 0.649. The van der Waals surface area contributed by atoms with Crippen LogP contribution >= 0.6 is 0 Å². The molecule has 0 nitrogen and oxygen atoms in total. The molecule has 0 aromatic heterocycles. The minimum Gasteiger partial charge on any atom is -0.0649 e. The first-order chi connectivity index (χ1) is 11.5. The van der Waals surface area contributed by atoms with Crippen LogP contribution in [0.15, 0.2) is 0 Å². The van der Waals surface area contributed by atoms with E-state index in [1.807, 2.05) is 0 Å². The van der Waals surface area contributed by atoms with E-state index in [0.717, 1.165) is 40.9 Å². The fourth-order valence-corrected chi connectivity index (χ4v) is 8.54. The number of hydrogen-bond acceptors (Lipinski definition) is 0. The lowest BCUT2D eigenvalue weighted by molar-refractivity contribution is -0.122. The topological polar surface area (TPSA) is 0 Å². The summed E-state index contributed by atoms with van der Waals surface area (Å²) in [7, 11) is 0. The van der Waals surface area contributed by atoms with Gasteiger partial charge in [-0.3, -0.25) is 0 Å². The van der Waals surface area contributed by atoms with E-state index in [1.54, 1.807) is 44.9 Å². The highest BCUT2D eigenvalue weighted by Crippen LogP contribution is 2.65. The van der Waals surface area contributed by atoms with Crippen LogP contribution in [0.5, 0.6) is 0 Å². The Morgan fingerprint density at radius 3 is 2.25 bits per heavy atom. The quantitative estimate of drug-likeness (QED) is 0.492. The van der Waals surface area contributed by atoms with Gasteiger partial charge in [0.05, 0.1) is 0 Å². The van der Waals surface area contributed by atoms with E-state index in [0.29, 0.717) is 5.41 Å². The first-order valence-corrected chi connectivity index (χ1v) is 11.5. The van der Waals surface area contributed by atoms with Crippen molar-refractivity contribution in [3.8, 4) is 0 Å². The van der Waals surface area contributed by atoms with Gasteiger partial charge in [0.25, 0.3) is 0 Å². The summed E-state index contributed by atoms with van der Waals surface area (Å²) in [6.45, 7) is 10.2. The molecule has 8 atom stereocenters. The molecule has 24 heavy (non-hydrogen) atoms. The largest absolute Gasteiger partial charge is 0.0649 e. The van der Waals surface area contributed by atoms with Crippen molar-refractivity contribution in [2.45, 2.75) is 105 Å². The van der Waals surface area contributed by atoms with E-state index in [4.69, 9.17) is 0 Å². The Hall–Kier alpha value is 0. The van der Waals surface area contributed by atoms with Gasteiger partial charge >= 0.3 is 0 Å². The monoisotopic (exact) mass is 330 g/mol. The summed E-state index contributed by atoms with van der Waals surface area (Å²) in [5, 5.41) is 0. The third-order valence-corrected chi connectivity index (χ3v) is 10.1. The van der Waals surface area contributed by atoms with Crippen molar-refractivity contribution in [1.82, 2.24) is 0 Å². The van der Waals surface area contributed by atoms with Gasteiger partial charge in [-0.05, 0) is 97.7 Å². The van der Waals surface area contributed by atoms with Gasteiger partial charge in [0.1, 0.15) is 0 Å². The van der Waals surface area contributed by atoms with Crippen LogP contribution in [0.25, 0.3) is 0 Å². The third-order valence-electron chi connectivity index (χ3n) is 10.1. The number of hydrogen-bond donors (Lipinski definition) is 0. The average molecular weight is 331 g/mol. The van der Waals surface area contributed by atoms with Gasteiger partial charge < -0.3 is 0 Å². The maximum Gasteiger partial charge on any atom is -0.0264 e. The second kappa shape index (κ2) is 6.31. The van der Waals surface area contributed by atoms with Crippen molar-refractivity contribution >= 4 is 0 Å². The Morgan fingerprint density at radius 1 is 0.750 bits per heavy atom. The Balaban J connectivity index is 1.58. The fraction of sp³-hybridized carbons (Fsp3) is 1.00.